The summed E-state index contributed by atoms with van der Waals surface area (Å²) in [4.78, 5) is 10.8. The molecule has 0 spiro atoms. The van der Waals surface area contributed by atoms with E-state index in [9.17, 15) is 4.79 Å². The van der Waals surface area contributed by atoms with Crippen LogP contribution in [-0.2, 0) is 4.74 Å². The van der Waals surface area contributed by atoms with Crippen molar-refractivity contribution in [2.45, 2.75) is 39.0 Å². The number of alkyl carbamates (subject to hydrolysis) is 1. The number of ether oxygens (including phenoxy) is 1. The van der Waals surface area contributed by atoms with Crippen LogP contribution in [0.4, 0.5) is 4.79 Å². The van der Waals surface area contributed by atoms with E-state index in [1.165, 1.54) is 25.7 Å². The Morgan fingerprint density at radius 3 is 2.62 bits per heavy atom. The SMILES string of the molecule is [CH2]COC(=O)NCCCCCCC. The third-order valence-corrected chi connectivity index (χ3v) is 1.78. The summed E-state index contributed by atoms with van der Waals surface area (Å²) >= 11 is 0. The molecule has 0 bridgehead atoms. The van der Waals surface area contributed by atoms with Crippen LogP contribution in [0.15, 0.2) is 0 Å². The fourth-order valence-electron chi connectivity index (χ4n) is 1.06. The number of unbranched alkanes of at least 4 members (excludes halogenated alkanes) is 4. The first-order valence-electron chi connectivity index (χ1n) is 5.01. The van der Waals surface area contributed by atoms with Gasteiger partial charge < -0.3 is 10.1 Å². The molecule has 0 rings (SSSR count). The van der Waals surface area contributed by atoms with Crippen molar-refractivity contribution in [3.8, 4) is 0 Å². The summed E-state index contributed by atoms with van der Waals surface area (Å²) in [6.45, 7) is 6.50. The van der Waals surface area contributed by atoms with Gasteiger partial charge >= 0.3 is 6.09 Å². The van der Waals surface area contributed by atoms with Gasteiger partial charge in [0.1, 0.15) is 0 Å². The highest BCUT2D eigenvalue weighted by molar-refractivity contribution is 5.66. The molecule has 0 aromatic rings. The number of rotatable bonds is 7. The average Bonchev–Trinajstić information content (AvgIpc) is 2.11. The van der Waals surface area contributed by atoms with Crippen LogP contribution in [-0.4, -0.2) is 19.2 Å². The number of carbonyl (C=O) groups is 1. The first-order valence-corrected chi connectivity index (χ1v) is 5.01. The molecule has 1 N–H and O–H groups in total. The fourth-order valence-corrected chi connectivity index (χ4v) is 1.06. The summed E-state index contributed by atoms with van der Waals surface area (Å²) in [5.74, 6) is 0. The maximum atomic E-state index is 10.8. The lowest BCUT2D eigenvalue weighted by atomic mass is 10.1. The van der Waals surface area contributed by atoms with Gasteiger partial charge in [-0.05, 0) is 13.3 Å². The maximum absolute atomic E-state index is 10.8. The Morgan fingerprint density at radius 1 is 1.31 bits per heavy atom. The highest BCUT2D eigenvalue weighted by atomic mass is 16.5. The van der Waals surface area contributed by atoms with E-state index in [2.05, 4.69) is 23.9 Å². The lowest BCUT2D eigenvalue weighted by Crippen LogP contribution is -2.25. The van der Waals surface area contributed by atoms with Crippen molar-refractivity contribution in [1.82, 2.24) is 5.32 Å². The van der Waals surface area contributed by atoms with Gasteiger partial charge in [-0.3, -0.25) is 0 Å². The van der Waals surface area contributed by atoms with E-state index < -0.39 is 0 Å². The van der Waals surface area contributed by atoms with Crippen molar-refractivity contribution < 1.29 is 9.53 Å². The average molecular weight is 186 g/mol. The molecule has 0 heterocycles. The normalized spacial score (nSPS) is 9.69. The van der Waals surface area contributed by atoms with Crippen LogP contribution in [0, 0.1) is 6.92 Å². The zero-order valence-electron chi connectivity index (χ0n) is 8.47. The Hall–Kier alpha value is -0.730. The molecule has 3 heteroatoms. The zero-order chi connectivity index (χ0) is 9.94. The summed E-state index contributed by atoms with van der Waals surface area (Å²) in [6.07, 6.45) is 5.64. The van der Waals surface area contributed by atoms with Gasteiger partial charge in [-0.15, -0.1) is 0 Å². The van der Waals surface area contributed by atoms with E-state index in [1.54, 1.807) is 0 Å². The third-order valence-electron chi connectivity index (χ3n) is 1.78. The molecule has 0 aliphatic rings. The predicted octanol–water partition coefficient (Wildman–Crippen LogP) is 2.52. The van der Waals surface area contributed by atoms with Gasteiger partial charge in [-0.1, -0.05) is 32.6 Å². The van der Waals surface area contributed by atoms with Crippen molar-refractivity contribution in [2.75, 3.05) is 13.2 Å². The molecular formula is C10H20NO2. The molecule has 0 unspecified atom stereocenters. The molecule has 0 saturated carbocycles. The van der Waals surface area contributed by atoms with Crippen LogP contribution in [0.25, 0.3) is 0 Å². The summed E-state index contributed by atoms with van der Waals surface area (Å²) in [5.41, 5.74) is 0. The molecule has 0 aromatic carbocycles. The molecule has 0 aliphatic heterocycles. The van der Waals surface area contributed by atoms with Crippen LogP contribution in [0.5, 0.6) is 0 Å². The Bertz CT molecular complexity index is 126. The third kappa shape index (κ3) is 9.18. The molecule has 1 amide bonds. The number of carbonyl (C=O) groups excluding carboxylic acids is 1. The Kier molecular flexibility index (Phi) is 8.83. The zero-order valence-corrected chi connectivity index (χ0v) is 8.47. The summed E-state index contributed by atoms with van der Waals surface area (Å²) in [6, 6.07) is 0. The van der Waals surface area contributed by atoms with Crippen molar-refractivity contribution in [2.24, 2.45) is 0 Å². The molecule has 0 aliphatic carbocycles. The molecule has 0 saturated heterocycles. The highest BCUT2D eigenvalue weighted by Gasteiger charge is 1.97. The van der Waals surface area contributed by atoms with Crippen molar-refractivity contribution in [3.63, 3.8) is 0 Å². The maximum Gasteiger partial charge on any atom is 0.407 e. The van der Waals surface area contributed by atoms with Gasteiger partial charge in [0.05, 0.1) is 6.61 Å². The van der Waals surface area contributed by atoms with Gasteiger partial charge in [0.15, 0.2) is 0 Å². The van der Waals surface area contributed by atoms with E-state index in [4.69, 9.17) is 0 Å². The van der Waals surface area contributed by atoms with E-state index >= 15 is 0 Å². The van der Waals surface area contributed by atoms with Crippen molar-refractivity contribution in [1.29, 1.82) is 0 Å². The molecule has 0 atom stereocenters. The van der Waals surface area contributed by atoms with Crippen molar-refractivity contribution in [3.05, 3.63) is 6.92 Å². The minimum absolute atomic E-state index is 0.196. The Balaban J connectivity index is 3.02. The molecular weight excluding hydrogens is 166 g/mol. The van der Waals surface area contributed by atoms with Crippen LogP contribution >= 0.6 is 0 Å². The lowest BCUT2D eigenvalue weighted by Gasteiger charge is -2.04. The van der Waals surface area contributed by atoms with Gasteiger partial charge in [0, 0.05) is 6.54 Å². The smallest absolute Gasteiger partial charge is 0.407 e. The van der Waals surface area contributed by atoms with E-state index in [0.29, 0.717) is 6.54 Å². The fraction of sp³-hybridized carbons (Fsp3) is 0.800. The van der Waals surface area contributed by atoms with E-state index in [-0.39, 0.29) is 12.7 Å². The second-order valence-electron chi connectivity index (χ2n) is 2.98. The number of hydrogen-bond donors (Lipinski definition) is 1. The second kappa shape index (κ2) is 9.36. The summed E-state index contributed by atoms with van der Waals surface area (Å²) in [7, 11) is 0. The van der Waals surface area contributed by atoms with Crippen molar-refractivity contribution >= 4 is 6.09 Å². The van der Waals surface area contributed by atoms with Crippen LogP contribution in [0.1, 0.15) is 39.0 Å². The summed E-state index contributed by atoms with van der Waals surface area (Å²) in [5, 5.41) is 2.66. The van der Waals surface area contributed by atoms with Crippen LogP contribution < -0.4 is 5.32 Å². The molecule has 0 aromatic heterocycles. The first kappa shape index (κ1) is 12.3. The minimum Gasteiger partial charge on any atom is -0.450 e. The topological polar surface area (TPSA) is 38.3 Å². The van der Waals surface area contributed by atoms with Gasteiger partial charge in [0.2, 0.25) is 0 Å². The van der Waals surface area contributed by atoms with Gasteiger partial charge in [-0.25, -0.2) is 4.79 Å². The Labute approximate surface area is 80.8 Å². The number of nitrogens with one attached hydrogen (secondary N) is 1. The molecule has 0 fully saturated rings. The largest absolute Gasteiger partial charge is 0.450 e. The van der Waals surface area contributed by atoms with Gasteiger partial charge in [-0.2, -0.15) is 0 Å². The standard InChI is InChI=1S/C10H20NO2/c1-3-5-6-7-8-9-11-10(12)13-4-2/h2-9H2,1H3,(H,11,12). The van der Waals surface area contributed by atoms with E-state index in [1.807, 2.05) is 0 Å². The van der Waals surface area contributed by atoms with Crippen LogP contribution in [0.2, 0.25) is 0 Å². The molecule has 3 nitrogen and oxygen atoms in total. The second-order valence-corrected chi connectivity index (χ2v) is 2.98. The Morgan fingerprint density at radius 2 is 2.00 bits per heavy atom. The van der Waals surface area contributed by atoms with E-state index in [0.717, 1.165) is 6.42 Å². The molecule has 1 radical (unpaired) electrons. The highest BCUT2D eigenvalue weighted by Crippen LogP contribution is 2.00. The minimum atomic E-state index is -0.356. The number of amides is 1. The molecule has 77 valence electrons. The quantitative estimate of drug-likeness (QED) is 0.620. The lowest BCUT2D eigenvalue weighted by molar-refractivity contribution is 0.157. The number of hydrogen-bond acceptors (Lipinski definition) is 2. The molecule has 13 heavy (non-hydrogen) atoms. The monoisotopic (exact) mass is 186 g/mol. The van der Waals surface area contributed by atoms with Crippen LogP contribution in [0.3, 0.4) is 0 Å². The predicted molar refractivity (Wildman–Crippen MR) is 53.5 cm³/mol. The first-order chi connectivity index (χ1) is 6.31. The van der Waals surface area contributed by atoms with Gasteiger partial charge in [0.25, 0.3) is 0 Å². The summed E-state index contributed by atoms with van der Waals surface area (Å²) < 4.78 is 4.61.